The summed E-state index contributed by atoms with van der Waals surface area (Å²) < 4.78 is 9.68. The number of nitrogen functional groups attached to an aromatic ring is 1. The number of pyridine rings is 2. The molecule has 2 heterocycles. The maximum Gasteiger partial charge on any atom is 0.343 e. The number of benzene rings is 2. The van der Waals surface area contributed by atoms with Crippen molar-refractivity contribution in [1.29, 1.82) is 0 Å². The lowest BCUT2D eigenvalue weighted by Gasteiger charge is -2.31. The van der Waals surface area contributed by atoms with Gasteiger partial charge in [0.2, 0.25) is 11.8 Å². The van der Waals surface area contributed by atoms with Gasteiger partial charge in [0, 0.05) is 54.6 Å². The number of esters is 2. The number of nitrogens with one attached hydrogen (secondary N) is 2. The number of aryl methyl sites for hydroxylation is 1. The molecule has 0 fully saturated rings. The highest BCUT2D eigenvalue weighted by atomic mass is 16.5. The molecular formula is C64H99N7O10. The number of carbonyl (C=O) groups excluding carboxylic acids is 4. The molecule has 4 rings (SSSR count). The first-order chi connectivity index (χ1) is 38.8. The van der Waals surface area contributed by atoms with Gasteiger partial charge in [-0.3, -0.25) is 29.1 Å². The lowest BCUT2D eigenvalue weighted by Crippen LogP contribution is -2.39. The fourth-order valence-corrected chi connectivity index (χ4v) is 9.57. The van der Waals surface area contributed by atoms with E-state index in [1.54, 1.807) is 45.0 Å². The first kappa shape index (κ1) is 70.3. The molecule has 17 heteroatoms. The Kier molecular flexibility index (Phi) is 33.7. The first-order valence-electron chi connectivity index (χ1n) is 30.0. The van der Waals surface area contributed by atoms with Crippen LogP contribution in [0.1, 0.15) is 225 Å². The van der Waals surface area contributed by atoms with E-state index in [4.69, 9.17) is 15.2 Å². The second-order valence-electron chi connectivity index (χ2n) is 21.1. The number of ether oxygens (including phenoxy) is 2. The van der Waals surface area contributed by atoms with Gasteiger partial charge < -0.3 is 35.2 Å². The van der Waals surface area contributed by atoms with Crippen molar-refractivity contribution >= 4 is 40.8 Å². The Morgan fingerprint density at radius 1 is 0.543 bits per heavy atom. The number of anilines is 1. The summed E-state index contributed by atoms with van der Waals surface area (Å²) in [7, 11) is 0. The van der Waals surface area contributed by atoms with Crippen LogP contribution in [-0.4, -0.2) is 93.1 Å². The van der Waals surface area contributed by atoms with Crippen molar-refractivity contribution in [2.75, 3.05) is 45.1 Å². The fourth-order valence-electron chi connectivity index (χ4n) is 9.57. The third-order valence-corrected chi connectivity index (χ3v) is 14.8. The van der Waals surface area contributed by atoms with Crippen LogP contribution in [0.25, 0.3) is 0 Å². The molecule has 0 aliphatic carbocycles. The topological polar surface area (TPSA) is 250 Å². The summed E-state index contributed by atoms with van der Waals surface area (Å²) in [6.45, 7) is 27.7. The van der Waals surface area contributed by atoms with Crippen LogP contribution in [0, 0.1) is 37.5 Å². The van der Waals surface area contributed by atoms with Crippen molar-refractivity contribution in [2.45, 2.75) is 186 Å². The van der Waals surface area contributed by atoms with Crippen LogP contribution >= 0.6 is 0 Å². The third kappa shape index (κ3) is 24.1. The Balaban J connectivity index is 0.000000473. The Labute approximate surface area is 482 Å². The van der Waals surface area contributed by atoms with E-state index in [1.807, 2.05) is 29.2 Å². The largest absolute Gasteiger partial charge is 0.494 e. The third-order valence-electron chi connectivity index (χ3n) is 14.8. The molecule has 2 aromatic heterocycles. The minimum atomic E-state index is -0.761. The van der Waals surface area contributed by atoms with E-state index in [1.165, 1.54) is 51.5 Å². The monoisotopic (exact) mass is 1130 g/mol. The summed E-state index contributed by atoms with van der Waals surface area (Å²) in [6.07, 6.45) is 18.6. The molecule has 2 aromatic carbocycles. The second kappa shape index (κ2) is 38.8. The number of hydrogen-bond acceptors (Lipinski definition) is 13. The summed E-state index contributed by atoms with van der Waals surface area (Å²) in [5.74, 6) is -0.110. The van der Waals surface area contributed by atoms with Gasteiger partial charge in [0.15, 0.2) is 5.69 Å². The van der Waals surface area contributed by atoms with E-state index in [9.17, 15) is 39.0 Å². The predicted molar refractivity (Wildman–Crippen MR) is 325 cm³/mol. The normalized spacial score (nSPS) is 12.5. The lowest BCUT2D eigenvalue weighted by molar-refractivity contribution is 0.0511. The van der Waals surface area contributed by atoms with Crippen molar-refractivity contribution < 1.29 is 38.9 Å². The number of H-pyrrole nitrogens is 2. The second-order valence-corrected chi connectivity index (χ2v) is 21.1. The van der Waals surface area contributed by atoms with E-state index in [0.717, 1.165) is 96.0 Å². The molecule has 81 heavy (non-hydrogen) atoms. The first-order valence-corrected chi connectivity index (χ1v) is 30.0. The number of amides is 2. The van der Waals surface area contributed by atoms with Crippen LogP contribution in [0.3, 0.4) is 0 Å². The molecule has 0 aliphatic rings. The molecule has 0 spiro atoms. The summed E-state index contributed by atoms with van der Waals surface area (Å²) in [4.78, 5) is 82.3. The zero-order chi connectivity index (χ0) is 60.4. The molecule has 2 amide bonds. The Morgan fingerprint density at radius 3 is 1.27 bits per heavy atom. The minimum Gasteiger partial charge on any atom is -0.494 e. The molecule has 17 nitrogen and oxygen atoms in total. The van der Waals surface area contributed by atoms with Crippen LogP contribution in [0.15, 0.2) is 74.4 Å². The SMILES string of the molecule is CCCCC(CC)CN(CC(CC)CCCC)C(=O)c1ccc(N)cc1.CCCCC(CC)CN(CC(CC)CCCC)C(=O)c1ccc(N=Nc2c(C)c(C(=O)OCC)c(O)[nH]c2=O)cc1.CCOC(=O)c1c(C)cc(=O)[nH]c1O. The molecule has 0 saturated carbocycles. The van der Waals surface area contributed by atoms with Crippen molar-refractivity contribution in [1.82, 2.24) is 19.8 Å². The van der Waals surface area contributed by atoms with Gasteiger partial charge in [-0.25, -0.2) is 9.59 Å². The molecule has 6 N–H and O–H groups in total. The van der Waals surface area contributed by atoms with Gasteiger partial charge in [-0.15, -0.1) is 5.11 Å². The van der Waals surface area contributed by atoms with Crippen LogP contribution in [0.2, 0.25) is 0 Å². The summed E-state index contributed by atoms with van der Waals surface area (Å²) in [5.41, 5.74) is 7.46. The number of nitrogens with two attached hydrogens (primary N) is 1. The Bertz CT molecular complexity index is 2590. The molecule has 0 radical (unpaired) electrons. The average Bonchev–Trinajstić information content (AvgIpc) is 3.46. The predicted octanol–water partition coefficient (Wildman–Crippen LogP) is 14.6. The molecule has 4 aromatic rings. The van der Waals surface area contributed by atoms with Crippen LogP contribution in [-0.2, 0) is 9.47 Å². The Hall–Kier alpha value is -6.78. The highest BCUT2D eigenvalue weighted by Crippen LogP contribution is 2.28. The maximum absolute atomic E-state index is 13.7. The van der Waals surface area contributed by atoms with Crippen molar-refractivity contribution in [3.8, 4) is 11.8 Å². The molecule has 4 unspecified atom stereocenters. The highest BCUT2D eigenvalue weighted by Gasteiger charge is 2.26. The van der Waals surface area contributed by atoms with Gasteiger partial charge in [0.1, 0.15) is 11.1 Å². The highest BCUT2D eigenvalue weighted by molar-refractivity contribution is 5.96. The van der Waals surface area contributed by atoms with E-state index >= 15 is 0 Å². The number of carbonyl (C=O) groups is 4. The molecule has 0 saturated heterocycles. The van der Waals surface area contributed by atoms with E-state index in [0.29, 0.717) is 46.2 Å². The van der Waals surface area contributed by atoms with Gasteiger partial charge in [0.25, 0.3) is 22.9 Å². The number of aromatic amines is 2. The van der Waals surface area contributed by atoms with Crippen molar-refractivity contribution in [2.24, 2.45) is 33.9 Å². The molecule has 0 aliphatic heterocycles. The number of rotatable bonds is 32. The minimum absolute atomic E-state index is 0.00597. The fraction of sp³-hybridized carbons (Fsp3) is 0.594. The van der Waals surface area contributed by atoms with Crippen LogP contribution in [0.5, 0.6) is 11.8 Å². The quantitative estimate of drug-likeness (QED) is 0.0175. The zero-order valence-corrected chi connectivity index (χ0v) is 51.1. The number of hydrogen-bond donors (Lipinski definition) is 5. The molecule has 0 bridgehead atoms. The lowest BCUT2D eigenvalue weighted by atomic mass is 9.95. The number of azo groups is 1. The number of aromatic hydroxyl groups is 2. The summed E-state index contributed by atoms with van der Waals surface area (Å²) in [6, 6.07) is 15.5. The van der Waals surface area contributed by atoms with Gasteiger partial charge >= 0.3 is 11.9 Å². The maximum atomic E-state index is 13.7. The van der Waals surface area contributed by atoms with Gasteiger partial charge in [-0.2, -0.15) is 5.11 Å². The standard InChI is InChI=1S/C32H48N4O5.C23H40N2O.C9H11NO4/c1-7-12-14-23(9-3)20-36(21-24(10-4)15-13-8-2)31(39)25-16-18-26(19-17-25)34-35-28-22(6)27(32(40)41-11-5)29(37)33-30(28)38;1-5-9-11-19(7-3)17-25(18-20(8-4)12-10-6-2)23(26)21-13-15-22(24)16-14-21;1-3-14-9(13)7-5(2)4-6(11)10-8(7)12/h16-19,23-24H,7-15,20-21H2,1-6H3,(H2,33,37,38);13-16,19-20H,5-12,17-18,24H2,1-4H3;4H,3H2,1-2H3,(H2,10,11,12). The number of aromatic nitrogens is 2. The van der Waals surface area contributed by atoms with Crippen molar-refractivity contribution in [3.63, 3.8) is 0 Å². The van der Waals surface area contributed by atoms with E-state index < -0.39 is 34.8 Å². The van der Waals surface area contributed by atoms with Gasteiger partial charge in [0.05, 0.1) is 18.9 Å². The smallest absolute Gasteiger partial charge is 0.343 e. The summed E-state index contributed by atoms with van der Waals surface area (Å²) >= 11 is 0. The molecule has 4 atom stereocenters. The average molecular weight is 1130 g/mol. The van der Waals surface area contributed by atoms with Gasteiger partial charge in [-0.1, -0.05) is 132 Å². The van der Waals surface area contributed by atoms with Crippen molar-refractivity contribution in [3.05, 3.63) is 109 Å². The summed E-state index contributed by atoms with van der Waals surface area (Å²) in [5, 5.41) is 27.6. The van der Waals surface area contributed by atoms with E-state index in [-0.39, 0.29) is 47.4 Å². The Morgan fingerprint density at radius 2 is 0.914 bits per heavy atom. The molecule has 450 valence electrons. The number of nitrogens with zero attached hydrogens (tertiary/aromatic N) is 4. The number of unbranched alkanes of at least 4 members (excludes halogenated alkanes) is 4. The van der Waals surface area contributed by atoms with Crippen LogP contribution < -0.4 is 16.9 Å². The van der Waals surface area contributed by atoms with Gasteiger partial charge in [-0.05, 0) is 131 Å². The van der Waals surface area contributed by atoms with Crippen LogP contribution in [0.4, 0.5) is 17.1 Å². The zero-order valence-electron chi connectivity index (χ0n) is 51.1. The van der Waals surface area contributed by atoms with E-state index in [2.05, 4.69) is 80.5 Å². The molecular weight excluding hydrogens is 1030 g/mol.